The normalized spacial score (nSPS) is 11.6. The van der Waals surface area contributed by atoms with E-state index in [2.05, 4.69) is 68.1 Å². The second kappa shape index (κ2) is 13.4. The monoisotopic (exact) mass is 512 g/mol. The largest absolute Gasteiger partial charge is 0.486 e. The van der Waals surface area contributed by atoms with E-state index in [1.165, 1.54) is 12.7 Å². The molecule has 38 heavy (non-hydrogen) atoms. The number of hydrogen-bond donors (Lipinski definition) is 1. The van der Waals surface area contributed by atoms with Gasteiger partial charge in [-0.15, -0.1) is 0 Å². The Morgan fingerprint density at radius 2 is 1.58 bits per heavy atom. The SMILES string of the molecule is COC(=O)CCNC(=O)c1ccc(C(CC(C)C)Oc2ccc(-c3ccc(C(C)C)cc3)c(C#N)c2)cc1. The number of carbonyl (C=O) groups is 2. The van der Waals surface area contributed by atoms with Crippen LogP contribution in [0.4, 0.5) is 0 Å². The zero-order chi connectivity index (χ0) is 27.7. The van der Waals surface area contributed by atoms with Crippen molar-refractivity contribution in [3.63, 3.8) is 0 Å². The molecule has 3 aromatic rings. The fourth-order valence-corrected chi connectivity index (χ4v) is 4.16. The summed E-state index contributed by atoms with van der Waals surface area (Å²) in [5.74, 6) is 0.821. The second-order valence-corrected chi connectivity index (χ2v) is 10.0. The summed E-state index contributed by atoms with van der Waals surface area (Å²) in [6.07, 6.45) is 0.650. The molecule has 6 nitrogen and oxygen atoms in total. The lowest BCUT2D eigenvalue weighted by Crippen LogP contribution is -2.26. The fraction of sp³-hybridized carbons (Fsp3) is 0.344. The van der Waals surface area contributed by atoms with Gasteiger partial charge in [0.25, 0.3) is 5.91 Å². The van der Waals surface area contributed by atoms with Crippen molar-refractivity contribution >= 4 is 11.9 Å². The summed E-state index contributed by atoms with van der Waals surface area (Å²) in [5.41, 5.74) is 5.13. The van der Waals surface area contributed by atoms with Crippen molar-refractivity contribution in [2.75, 3.05) is 13.7 Å². The summed E-state index contributed by atoms with van der Waals surface area (Å²) >= 11 is 0. The first-order valence-electron chi connectivity index (χ1n) is 13.0. The van der Waals surface area contributed by atoms with Crippen LogP contribution in [0.1, 0.15) is 79.6 Å². The van der Waals surface area contributed by atoms with Crippen LogP contribution in [0.15, 0.2) is 66.7 Å². The van der Waals surface area contributed by atoms with Crippen LogP contribution in [-0.2, 0) is 9.53 Å². The van der Waals surface area contributed by atoms with Crippen molar-refractivity contribution in [2.24, 2.45) is 5.92 Å². The maximum atomic E-state index is 12.4. The summed E-state index contributed by atoms with van der Waals surface area (Å²) in [6, 6.07) is 23.6. The Morgan fingerprint density at radius 3 is 2.16 bits per heavy atom. The van der Waals surface area contributed by atoms with Crippen molar-refractivity contribution in [1.29, 1.82) is 5.26 Å². The Balaban J connectivity index is 1.77. The Hall–Kier alpha value is -4.11. The Bertz CT molecular complexity index is 1270. The predicted octanol–water partition coefficient (Wildman–Crippen LogP) is 6.81. The first kappa shape index (κ1) is 28.5. The standard InChI is InChI=1S/C32H36N2O4/c1-21(2)18-30(25-10-12-26(13-11-25)32(36)34-17-16-31(35)37-5)38-28-14-15-29(27(19-28)20-33)24-8-6-23(7-9-24)22(3)4/h6-15,19,21-22,30H,16-18H2,1-5H3,(H,34,36). The van der Waals surface area contributed by atoms with Gasteiger partial charge in [0.05, 0.1) is 25.2 Å². The van der Waals surface area contributed by atoms with Gasteiger partial charge < -0.3 is 14.8 Å². The van der Waals surface area contributed by atoms with Crippen molar-refractivity contribution < 1.29 is 19.1 Å². The molecule has 1 amide bonds. The summed E-state index contributed by atoms with van der Waals surface area (Å²) in [7, 11) is 1.32. The first-order chi connectivity index (χ1) is 18.2. The molecule has 3 aromatic carbocycles. The lowest BCUT2D eigenvalue weighted by atomic mass is 9.96. The summed E-state index contributed by atoms with van der Waals surface area (Å²) < 4.78 is 11.0. The molecule has 1 atom stereocenters. The van der Waals surface area contributed by atoms with Gasteiger partial charge in [0.1, 0.15) is 11.9 Å². The van der Waals surface area contributed by atoms with Crippen LogP contribution in [0.3, 0.4) is 0 Å². The number of nitrogens with zero attached hydrogens (tertiary/aromatic N) is 1. The molecule has 0 bridgehead atoms. The minimum atomic E-state index is -0.369. The number of benzene rings is 3. The molecule has 198 valence electrons. The molecule has 0 spiro atoms. The van der Waals surface area contributed by atoms with Gasteiger partial charge in [-0.2, -0.15) is 5.26 Å². The first-order valence-corrected chi connectivity index (χ1v) is 13.0. The van der Waals surface area contributed by atoms with E-state index in [4.69, 9.17) is 4.74 Å². The van der Waals surface area contributed by atoms with E-state index in [-0.39, 0.29) is 30.9 Å². The fourth-order valence-electron chi connectivity index (χ4n) is 4.16. The van der Waals surface area contributed by atoms with Crippen LogP contribution in [0.25, 0.3) is 11.1 Å². The maximum absolute atomic E-state index is 12.4. The van der Waals surface area contributed by atoms with Gasteiger partial charge >= 0.3 is 5.97 Å². The molecule has 1 N–H and O–H groups in total. The highest BCUT2D eigenvalue weighted by atomic mass is 16.5. The molecule has 0 saturated heterocycles. The molecular weight excluding hydrogens is 476 g/mol. The average molecular weight is 513 g/mol. The van der Waals surface area contributed by atoms with Gasteiger partial charge in [0.2, 0.25) is 0 Å². The van der Waals surface area contributed by atoms with E-state index in [1.807, 2.05) is 24.3 Å². The summed E-state index contributed by atoms with van der Waals surface area (Å²) in [6.45, 7) is 8.79. The van der Waals surface area contributed by atoms with E-state index in [0.717, 1.165) is 23.1 Å². The molecule has 3 rings (SSSR count). The molecule has 0 aromatic heterocycles. The van der Waals surface area contributed by atoms with E-state index >= 15 is 0 Å². The number of esters is 1. The van der Waals surface area contributed by atoms with E-state index in [0.29, 0.717) is 28.7 Å². The molecule has 6 heteroatoms. The van der Waals surface area contributed by atoms with E-state index in [9.17, 15) is 14.9 Å². The highest BCUT2D eigenvalue weighted by molar-refractivity contribution is 5.94. The van der Waals surface area contributed by atoms with Crippen molar-refractivity contribution in [1.82, 2.24) is 5.32 Å². The number of amides is 1. The van der Waals surface area contributed by atoms with Crippen LogP contribution in [-0.4, -0.2) is 25.5 Å². The topological polar surface area (TPSA) is 88.4 Å². The van der Waals surface area contributed by atoms with Crippen LogP contribution < -0.4 is 10.1 Å². The molecule has 0 aliphatic carbocycles. The number of rotatable bonds is 11. The van der Waals surface area contributed by atoms with Crippen LogP contribution in [0.2, 0.25) is 0 Å². The van der Waals surface area contributed by atoms with Gasteiger partial charge in [-0.1, -0.05) is 64.1 Å². The molecule has 0 saturated carbocycles. The highest BCUT2D eigenvalue weighted by Crippen LogP contribution is 2.32. The molecule has 0 aliphatic rings. The van der Waals surface area contributed by atoms with E-state index in [1.54, 1.807) is 18.2 Å². The maximum Gasteiger partial charge on any atom is 0.307 e. The van der Waals surface area contributed by atoms with E-state index < -0.39 is 0 Å². The summed E-state index contributed by atoms with van der Waals surface area (Å²) in [4.78, 5) is 23.7. The highest BCUT2D eigenvalue weighted by Gasteiger charge is 2.18. The molecule has 0 heterocycles. The Kier molecular flexibility index (Phi) is 10.1. The van der Waals surface area contributed by atoms with Crippen molar-refractivity contribution in [3.05, 3.63) is 89.0 Å². The smallest absolute Gasteiger partial charge is 0.307 e. The lowest BCUT2D eigenvalue weighted by molar-refractivity contribution is -0.140. The number of hydrogen-bond acceptors (Lipinski definition) is 5. The van der Waals surface area contributed by atoms with Gasteiger partial charge in [-0.05, 0) is 70.8 Å². The molecule has 1 unspecified atom stereocenters. The zero-order valence-electron chi connectivity index (χ0n) is 22.8. The number of ether oxygens (including phenoxy) is 2. The average Bonchev–Trinajstić information content (AvgIpc) is 2.92. The van der Waals surface area contributed by atoms with Gasteiger partial charge in [0, 0.05) is 12.1 Å². The third-order valence-corrected chi connectivity index (χ3v) is 6.35. The van der Waals surface area contributed by atoms with Gasteiger partial charge in [-0.25, -0.2) is 0 Å². The van der Waals surface area contributed by atoms with Gasteiger partial charge in [0.15, 0.2) is 0 Å². The third kappa shape index (κ3) is 7.69. The minimum Gasteiger partial charge on any atom is -0.486 e. The lowest BCUT2D eigenvalue weighted by Gasteiger charge is -2.22. The molecule has 0 radical (unpaired) electrons. The molecule has 0 fully saturated rings. The predicted molar refractivity (Wildman–Crippen MR) is 149 cm³/mol. The van der Waals surface area contributed by atoms with Crippen molar-refractivity contribution in [3.8, 4) is 22.9 Å². The van der Waals surface area contributed by atoms with Crippen molar-refractivity contribution in [2.45, 2.75) is 52.6 Å². The zero-order valence-corrected chi connectivity index (χ0v) is 22.8. The van der Waals surface area contributed by atoms with Crippen LogP contribution >= 0.6 is 0 Å². The van der Waals surface area contributed by atoms with Crippen LogP contribution in [0, 0.1) is 17.2 Å². The number of nitriles is 1. The van der Waals surface area contributed by atoms with Gasteiger partial charge in [-0.3, -0.25) is 9.59 Å². The number of carbonyl (C=O) groups excluding carboxylic acids is 2. The molecular formula is C32H36N2O4. The number of nitrogens with one attached hydrogen (secondary N) is 1. The quantitative estimate of drug-likeness (QED) is 0.285. The summed E-state index contributed by atoms with van der Waals surface area (Å²) in [5, 5.41) is 12.6. The molecule has 0 aliphatic heterocycles. The number of methoxy groups -OCH3 is 1. The Labute approximate surface area is 225 Å². The van der Waals surface area contributed by atoms with Crippen LogP contribution in [0.5, 0.6) is 5.75 Å². The minimum absolute atomic E-state index is 0.122. The Morgan fingerprint density at radius 1 is 0.921 bits per heavy atom. The third-order valence-electron chi connectivity index (χ3n) is 6.35. The second-order valence-electron chi connectivity index (χ2n) is 10.0.